The van der Waals surface area contributed by atoms with Gasteiger partial charge in [-0.3, -0.25) is 4.79 Å². The van der Waals surface area contributed by atoms with E-state index in [0.29, 0.717) is 40.7 Å². The molecule has 33 heavy (non-hydrogen) atoms. The first-order valence-electron chi connectivity index (χ1n) is 11.7. The lowest BCUT2D eigenvalue weighted by atomic mass is 10.1. The number of carbonyl (C=O) groups excluding carboxylic acids is 1. The number of hydrogen-bond acceptors (Lipinski definition) is 4. The van der Waals surface area contributed by atoms with Crippen molar-refractivity contribution in [1.82, 2.24) is 19.9 Å². The van der Waals surface area contributed by atoms with Crippen molar-refractivity contribution in [3.05, 3.63) is 64.7 Å². The number of amides is 1. The number of halogens is 1. The summed E-state index contributed by atoms with van der Waals surface area (Å²) in [4.78, 5) is 22.8. The van der Waals surface area contributed by atoms with E-state index < -0.39 is 0 Å². The molecule has 0 saturated heterocycles. The molecule has 7 heteroatoms. The van der Waals surface area contributed by atoms with Crippen molar-refractivity contribution in [3.8, 4) is 0 Å². The molecule has 0 aliphatic carbocycles. The lowest BCUT2D eigenvalue weighted by Crippen LogP contribution is -2.24. The minimum absolute atomic E-state index is 0.274. The van der Waals surface area contributed by atoms with Crippen molar-refractivity contribution >= 4 is 45.5 Å². The predicted molar refractivity (Wildman–Crippen MR) is 135 cm³/mol. The average molecular weight is 464 g/mol. The van der Waals surface area contributed by atoms with Crippen LogP contribution in [0, 0.1) is 0 Å². The Bertz CT molecular complexity index is 1270. The molecule has 0 saturated carbocycles. The number of para-hydroxylation sites is 2. The number of nitrogens with zero attached hydrogens (tertiary/aromatic N) is 3. The Kier molecular flexibility index (Phi) is 7.45. The number of aryl methyl sites for hydroxylation is 1. The van der Waals surface area contributed by atoms with E-state index in [4.69, 9.17) is 27.3 Å². The lowest BCUT2D eigenvalue weighted by molar-refractivity contribution is 0.0953. The summed E-state index contributed by atoms with van der Waals surface area (Å²) in [5, 5.41) is 3.57. The third-order valence-electron chi connectivity index (χ3n) is 5.95. The van der Waals surface area contributed by atoms with Gasteiger partial charge in [0, 0.05) is 18.1 Å². The van der Waals surface area contributed by atoms with E-state index in [1.807, 2.05) is 47.0 Å². The number of unbranched alkanes of at least 4 members (excludes halogenated alkanes) is 5. The summed E-state index contributed by atoms with van der Waals surface area (Å²) in [6, 6.07) is 15.1. The van der Waals surface area contributed by atoms with E-state index in [1.54, 1.807) is 6.07 Å². The first kappa shape index (κ1) is 23.1. The summed E-state index contributed by atoms with van der Waals surface area (Å²) >= 11 is 6.25. The van der Waals surface area contributed by atoms with Crippen LogP contribution in [0.25, 0.3) is 22.2 Å². The van der Waals surface area contributed by atoms with Gasteiger partial charge in [-0.25, -0.2) is 9.97 Å². The molecule has 4 aromatic rings. The molecule has 0 atom stereocenters. The van der Waals surface area contributed by atoms with Gasteiger partial charge in [0.2, 0.25) is 0 Å². The Morgan fingerprint density at radius 3 is 2.39 bits per heavy atom. The molecule has 3 N–H and O–H groups in total. The predicted octanol–water partition coefficient (Wildman–Crippen LogP) is 6.11. The number of rotatable bonds is 10. The highest BCUT2D eigenvalue weighted by Gasteiger charge is 2.23. The van der Waals surface area contributed by atoms with Crippen molar-refractivity contribution in [2.75, 3.05) is 5.73 Å². The van der Waals surface area contributed by atoms with Gasteiger partial charge in [0.05, 0.1) is 11.0 Å². The van der Waals surface area contributed by atoms with E-state index in [0.717, 1.165) is 29.4 Å². The lowest BCUT2D eigenvalue weighted by Gasteiger charge is -2.09. The fourth-order valence-corrected chi connectivity index (χ4v) is 4.33. The topological polar surface area (TPSA) is 85.8 Å². The summed E-state index contributed by atoms with van der Waals surface area (Å²) in [5.74, 6) is 0.134. The molecule has 4 rings (SSSR count). The molecule has 2 aromatic heterocycles. The number of benzene rings is 2. The van der Waals surface area contributed by atoms with Gasteiger partial charge in [0.25, 0.3) is 5.91 Å². The highest BCUT2D eigenvalue weighted by molar-refractivity contribution is 6.31. The van der Waals surface area contributed by atoms with E-state index in [1.165, 1.54) is 25.7 Å². The molecule has 0 spiro atoms. The van der Waals surface area contributed by atoms with Gasteiger partial charge in [-0.2, -0.15) is 0 Å². The van der Waals surface area contributed by atoms with E-state index in [9.17, 15) is 4.79 Å². The van der Waals surface area contributed by atoms with Crippen LogP contribution in [0.5, 0.6) is 0 Å². The van der Waals surface area contributed by atoms with Crippen molar-refractivity contribution < 1.29 is 4.79 Å². The first-order chi connectivity index (χ1) is 16.1. The molecule has 2 aromatic carbocycles. The molecule has 0 radical (unpaired) electrons. The quantitative estimate of drug-likeness (QED) is 0.278. The number of carbonyl (C=O) groups is 1. The molecule has 0 bridgehead atoms. The van der Waals surface area contributed by atoms with Crippen LogP contribution in [0.1, 0.15) is 61.4 Å². The van der Waals surface area contributed by atoms with Crippen LogP contribution in [0.2, 0.25) is 5.02 Å². The zero-order chi connectivity index (χ0) is 23.2. The zero-order valence-corrected chi connectivity index (χ0v) is 19.7. The molecule has 0 aliphatic rings. The maximum absolute atomic E-state index is 13.2. The summed E-state index contributed by atoms with van der Waals surface area (Å²) in [7, 11) is 0. The van der Waals surface area contributed by atoms with Crippen molar-refractivity contribution in [2.24, 2.45) is 0 Å². The van der Waals surface area contributed by atoms with Gasteiger partial charge < -0.3 is 15.6 Å². The van der Waals surface area contributed by atoms with Gasteiger partial charge in [-0.1, -0.05) is 81.0 Å². The van der Waals surface area contributed by atoms with E-state index >= 15 is 0 Å². The molecule has 0 aliphatic heterocycles. The van der Waals surface area contributed by atoms with Gasteiger partial charge in [0.15, 0.2) is 5.65 Å². The molecule has 0 fully saturated rings. The Morgan fingerprint density at radius 1 is 0.970 bits per heavy atom. The smallest absolute Gasteiger partial charge is 0.257 e. The Labute approximate surface area is 199 Å². The summed E-state index contributed by atoms with van der Waals surface area (Å²) in [6.45, 7) is 3.23. The summed E-state index contributed by atoms with van der Waals surface area (Å²) < 4.78 is 1.94. The molecule has 0 unspecified atom stereocenters. The second kappa shape index (κ2) is 10.7. The van der Waals surface area contributed by atoms with E-state index in [-0.39, 0.29) is 5.91 Å². The van der Waals surface area contributed by atoms with Gasteiger partial charge in [-0.05, 0) is 30.2 Å². The summed E-state index contributed by atoms with van der Waals surface area (Å²) in [6.07, 6.45) is 7.04. The SMILES string of the molecule is CCCCCCCCn1c(N)c(C(=O)NCc2ccccc2Cl)c2nc3ccccc3nc21. The van der Waals surface area contributed by atoms with Gasteiger partial charge in [0.1, 0.15) is 16.9 Å². The minimum Gasteiger partial charge on any atom is -0.384 e. The van der Waals surface area contributed by atoms with Crippen molar-refractivity contribution in [2.45, 2.75) is 58.5 Å². The average Bonchev–Trinajstić information content (AvgIpc) is 3.09. The number of hydrogen-bond donors (Lipinski definition) is 2. The normalized spacial score (nSPS) is 11.3. The van der Waals surface area contributed by atoms with Gasteiger partial charge in [-0.15, -0.1) is 0 Å². The number of aromatic nitrogens is 3. The highest BCUT2D eigenvalue weighted by atomic mass is 35.5. The Morgan fingerprint density at radius 2 is 1.64 bits per heavy atom. The zero-order valence-electron chi connectivity index (χ0n) is 19.0. The minimum atomic E-state index is -0.274. The van der Waals surface area contributed by atoms with Crippen LogP contribution in [-0.2, 0) is 13.1 Å². The molecular weight excluding hydrogens is 434 g/mol. The van der Waals surface area contributed by atoms with Gasteiger partial charge >= 0.3 is 0 Å². The number of nitrogens with two attached hydrogens (primary N) is 1. The van der Waals surface area contributed by atoms with E-state index in [2.05, 4.69) is 12.2 Å². The van der Waals surface area contributed by atoms with Crippen LogP contribution in [0.3, 0.4) is 0 Å². The van der Waals surface area contributed by atoms with Crippen LogP contribution in [-0.4, -0.2) is 20.4 Å². The monoisotopic (exact) mass is 463 g/mol. The fourth-order valence-electron chi connectivity index (χ4n) is 4.12. The van der Waals surface area contributed by atoms with Crippen molar-refractivity contribution in [3.63, 3.8) is 0 Å². The number of nitrogens with one attached hydrogen (secondary N) is 1. The van der Waals surface area contributed by atoms with Crippen LogP contribution in [0.15, 0.2) is 48.5 Å². The Hall–Kier alpha value is -3.12. The highest BCUT2D eigenvalue weighted by Crippen LogP contribution is 2.28. The third-order valence-corrected chi connectivity index (χ3v) is 6.32. The van der Waals surface area contributed by atoms with Crippen LogP contribution < -0.4 is 11.1 Å². The second-order valence-electron chi connectivity index (χ2n) is 8.34. The van der Waals surface area contributed by atoms with Crippen LogP contribution in [0.4, 0.5) is 5.82 Å². The Balaban J connectivity index is 1.64. The number of nitrogen functional groups attached to an aromatic ring is 1. The number of fused-ring (bicyclic) bond motifs is 2. The molecular formula is C26H30ClN5O. The van der Waals surface area contributed by atoms with Crippen LogP contribution >= 0.6 is 11.6 Å². The molecule has 6 nitrogen and oxygen atoms in total. The first-order valence-corrected chi connectivity index (χ1v) is 12.0. The molecule has 1 amide bonds. The maximum Gasteiger partial charge on any atom is 0.257 e. The third kappa shape index (κ3) is 5.11. The maximum atomic E-state index is 13.2. The molecule has 172 valence electrons. The molecule has 2 heterocycles. The largest absolute Gasteiger partial charge is 0.384 e. The second-order valence-corrected chi connectivity index (χ2v) is 8.75. The summed E-state index contributed by atoms with van der Waals surface area (Å²) in [5.41, 5.74) is 10.5. The van der Waals surface area contributed by atoms with Crippen molar-refractivity contribution in [1.29, 1.82) is 0 Å². The fraction of sp³-hybridized carbons (Fsp3) is 0.346. The standard InChI is InChI=1S/C26H30ClN5O/c1-2-3-4-5-6-11-16-32-24(28)22(26(33)29-17-18-12-7-8-13-19(18)27)23-25(32)31-21-15-10-9-14-20(21)30-23/h7-10,12-15H,2-6,11,16-17,28H2,1H3,(H,29,33). The number of anilines is 1.